The summed E-state index contributed by atoms with van der Waals surface area (Å²) in [4.78, 5) is 12.9. The van der Waals surface area contributed by atoms with Gasteiger partial charge < -0.3 is 19.5 Å². The first-order valence-corrected chi connectivity index (χ1v) is 9.05. The average molecular weight is 379 g/mol. The maximum absolute atomic E-state index is 14.1. The minimum absolute atomic E-state index is 0. The van der Waals surface area contributed by atoms with E-state index in [4.69, 9.17) is 4.74 Å². The van der Waals surface area contributed by atoms with Crippen LogP contribution >= 0.6 is 0 Å². The number of aliphatic carboxylic acids is 1. The molecule has 6 heteroatoms. The van der Waals surface area contributed by atoms with E-state index in [2.05, 4.69) is 24.0 Å². The molecule has 0 unspecified atom stereocenters. The van der Waals surface area contributed by atoms with Gasteiger partial charge in [0.1, 0.15) is 18.2 Å². The van der Waals surface area contributed by atoms with Crippen molar-refractivity contribution in [2.45, 2.75) is 39.2 Å². The molecule has 0 N–H and O–H groups in total. The Morgan fingerprint density at radius 3 is 2.78 bits per heavy atom. The second-order valence-electron chi connectivity index (χ2n) is 6.58. The Hall–Kier alpha value is -1.56. The molecule has 0 atom stereocenters. The number of benzene rings is 2. The second-order valence-corrected chi connectivity index (χ2v) is 6.58. The second kappa shape index (κ2) is 10.1. The molecule has 0 saturated heterocycles. The molecule has 3 rings (SSSR count). The van der Waals surface area contributed by atoms with Crippen LogP contribution < -0.4 is 44.3 Å². The molecular weight excluding hydrogens is 356 g/mol. The summed E-state index contributed by atoms with van der Waals surface area (Å²) in [6, 6.07) is 10.8. The summed E-state index contributed by atoms with van der Waals surface area (Å²) in [5.41, 5.74) is 4.05. The Bertz CT molecular complexity index is 795. The van der Waals surface area contributed by atoms with Crippen LogP contribution in [0.15, 0.2) is 36.4 Å². The number of hydrogen-bond acceptors (Lipinski definition) is 4. The predicted molar refractivity (Wildman–Crippen MR) is 96.7 cm³/mol. The summed E-state index contributed by atoms with van der Waals surface area (Å²) in [5.74, 6) is -1.19. The third-order valence-electron chi connectivity index (χ3n) is 4.68. The van der Waals surface area contributed by atoms with Crippen LogP contribution in [0.3, 0.4) is 0 Å². The van der Waals surface area contributed by atoms with E-state index in [0.717, 1.165) is 31.5 Å². The van der Waals surface area contributed by atoms with Crippen LogP contribution in [0, 0.1) is 5.82 Å². The van der Waals surface area contributed by atoms with Gasteiger partial charge in [-0.05, 0) is 42.9 Å². The number of ether oxygens (including phenoxy) is 1. The summed E-state index contributed by atoms with van der Waals surface area (Å²) in [6.07, 6.45) is 2.06. The van der Waals surface area contributed by atoms with Crippen molar-refractivity contribution in [2.75, 3.05) is 18.0 Å². The van der Waals surface area contributed by atoms with Crippen LogP contribution in [0.2, 0.25) is 0 Å². The summed E-state index contributed by atoms with van der Waals surface area (Å²) in [5, 5.41) is 10.5. The van der Waals surface area contributed by atoms with Crippen molar-refractivity contribution in [3.63, 3.8) is 0 Å². The van der Waals surface area contributed by atoms with Crippen molar-refractivity contribution in [3.05, 3.63) is 58.9 Å². The van der Waals surface area contributed by atoms with Gasteiger partial charge in [-0.2, -0.15) is 0 Å². The minimum atomic E-state index is -1.18. The molecule has 0 fully saturated rings. The van der Waals surface area contributed by atoms with Gasteiger partial charge >= 0.3 is 29.6 Å². The van der Waals surface area contributed by atoms with Crippen LogP contribution in [-0.4, -0.2) is 19.1 Å². The number of halogens is 1. The zero-order valence-electron chi connectivity index (χ0n) is 16.0. The molecule has 0 saturated carbocycles. The Kier molecular flexibility index (Phi) is 8.14. The molecule has 0 bridgehead atoms. The Morgan fingerprint density at radius 2 is 2.07 bits per heavy atom. The number of carbonyl (C=O) groups is 1. The van der Waals surface area contributed by atoms with E-state index in [9.17, 15) is 14.3 Å². The number of fused-ring (bicyclic) bond motifs is 1. The fourth-order valence-corrected chi connectivity index (χ4v) is 3.45. The first kappa shape index (κ1) is 21.7. The number of hydrogen-bond donors (Lipinski definition) is 0. The summed E-state index contributed by atoms with van der Waals surface area (Å²) in [6.45, 7) is 4.59. The number of rotatable bonds is 8. The number of nitrogens with zero attached hydrogens (tertiary/aromatic N) is 1. The van der Waals surface area contributed by atoms with Gasteiger partial charge in [0.2, 0.25) is 0 Å². The van der Waals surface area contributed by atoms with Gasteiger partial charge in [0, 0.05) is 36.4 Å². The van der Waals surface area contributed by atoms with E-state index < -0.39 is 11.8 Å². The van der Waals surface area contributed by atoms with Gasteiger partial charge in [0.25, 0.3) is 0 Å². The molecule has 4 nitrogen and oxygen atoms in total. The van der Waals surface area contributed by atoms with Crippen LogP contribution in [0.5, 0.6) is 5.75 Å². The molecule has 27 heavy (non-hydrogen) atoms. The fraction of sp³-hybridized carbons (Fsp3) is 0.381. The maximum atomic E-state index is 14.1. The first-order valence-electron chi connectivity index (χ1n) is 9.05. The van der Waals surface area contributed by atoms with Crippen molar-refractivity contribution in [3.8, 4) is 5.75 Å². The molecule has 138 valence electrons. The molecule has 1 aliphatic rings. The van der Waals surface area contributed by atoms with Crippen LogP contribution in [-0.2, 0) is 24.2 Å². The third kappa shape index (κ3) is 5.47. The van der Waals surface area contributed by atoms with Gasteiger partial charge in [-0.15, -0.1) is 0 Å². The van der Waals surface area contributed by atoms with E-state index in [1.807, 2.05) is 6.07 Å². The molecule has 0 radical (unpaired) electrons. The van der Waals surface area contributed by atoms with Gasteiger partial charge in [-0.3, -0.25) is 0 Å². The number of carbonyl (C=O) groups excluding carboxylic acids is 1. The largest absolute Gasteiger partial charge is 1.00 e. The minimum Gasteiger partial charge on any atom is -0.550 e. The monoisotopic (exact) mass is 379 g/mol. The Labute approximate surface area is 181 Å². The molecular formula is C21H23FNNaO3. The van der Waals surface area contributed by atoms with E-state index in [-0.39, 0.29) is 42.4 Å². The quantitative estimate of drug-likeness (QED) is 0.600. The number of anilines is 1. The van der Waals surface area contributed by atoms with Gasteiger partial charge in [0.05, 0.1) is 0 Å². The van der Waals surface area contributed by atoms with Crippen molar-refractivity contribution in [1.82, 2.24) is 0 Å². The van der Waals surface area contributed by atoms with E-state index in [0.29, 0.717) is 17.9 Å². The van der Waals surface area contributed by atoms with Crippen molar-refractivity contribution in [1.29, 1.82) is 0 Å². The van der Waals surface area contributed by atoms with Gasteiger partial charge in [-0.1, -0.05) is 31.2 Å². The summed E-state index contributed by atoms with van der Waals surface area (Å²) >= 11 is 0. The standard InChI is InChI=1S/C21H24FNO3.Na/c1-2-11-23-12-10-16-4-3-5-17(21(16)23)14-26-18-8-6-15(19(22)13-18)7-9-20(24)25;/h3-6,8,13H,2,7,9-12,14H2,1H3,(H,24,25);/q;+1/p-1. The van der Waals surface area contributed by atoms with Gasteiger partial charge in [-0.25, -0.2) is 4.39 Å². The van der Waals surface area contributed by atoms with Crippen molar-refractivity contribution >= 4 is 11.7 Å². The zero-order chi connectivity index (χ0) is 18.5. The normalized spacial score (nSPS) is 12.4. The van der Waals surface area contributed by atoms with Gasteiger partial charge in [0.15, 0.2) is 0 Å². The summed E-state index contributed by atoms with van der Waals surface area (Å²) < 4.78 is 19.9. The van der Waals surface area contributed by atoms with E-state index >= 15 is 0 Å². The van der Waals surface area contributed by atoms with Crippen molar-refractivity contribution in [2.24, 2.45) is 0 Å². The molecule has 0 aromatic heterocycles. The van der Waals surface area contributed by atoms with Crippen LogP contribution in [0.4, 0.5) is 10.1 Å². The number of aryl methyl sites for hydroxylation is 1. The topological polar surface area (TPSA) is 52.6 Å². The fourth-order valence-electron chi connectivity index (χ4n) is 3.45. The van der Waals surface area contributed by atoms with Crippen LogP contribution in [0.1, 0.15) is 36.5 Å². The average Bonchev–Trinajstić information content (AvgIpc) is 3.03. The Balaban J connectivity index is 0.00000261. The zero-order valence-corrected chi connectivity index (χ0v) is 18.0. The molecule has 2 aromatic carbocycles. The Morgan fingerprint density at radius 1 is 1.26 bits per heavy atom. The predicted octanol–water partition coefficient (Wildman–Crippen LogP) is -0.136. The van der Waals surface area contributed by atoms with E-state index in [1.54, 1.807) is 12.1 Å². The number of para-hydroxylation sites is 1. The van der Waals surface area contributed by atoms with E-state index in [1.165, 1.54) is 17.3 Å². The van der Waals surface area contributed by atoms with Crippen LogP contribution in [0.25, 0.3) is 0 Å². The molecule has 1 aliphatic heterocycles. The van der Waals surface area contributed by atoms with Crippen molar-refractivity contribution < 1.29 is 48.6 Å². The molecule has 2 aromatic rings. The summed E-state index contributed by atoms with van der Waals surface area (Å²) in [7, 11) is 0. The number of carboxylic acids is 1. The first-order chi connectivity index (χ1) is 12.6. The molecule has 0 amide bonds. The molecule has 0 spiro atoms. The number of carboxylic acid groups (broad SMARTS) is 1. The SMILES string of the molecule is CCCN1CCc2cccc(COc3ccc(CCC(=O)[O-])c(F)c3)c21.[Na+]. The molecule has 1 heterocycles. The third-order valence-corrected chi connectivity index (χ3v) is 4.68. The maximum Gasteiger partial charge on any atom is 1.00 e. The molecule has 0 aliphatic carbocycles. The smallest absolute Gasteiger partial charge is 0.550 e.